The third-order valence-electron chi connectivity index (χ3n) is 25.0. The third kappa shape index (κ3) is 21.6. The number of ether oxygens (including phenoxy) is 2. The molecule has 8 aliphatic rings. The molecule has 7 fully saturated rings. The molecule has 34 heteroatoms. The number of nitrogens with zero attached hydrogens (tertiary/aromatic N) is 9. The SMILES string of the molecule is CCO[C@@H]1C[C@H]2C(=O)NC3(CC(C)(C)C3)C(=O)N(C)[C@@H](C3CCCCC3)C(=O)N(C)[C@H](C(=O)N(C)C)CC(=O)N(C)[C@@H](COC)C(=O)N[C@@H]([C@@H](C)CC)C(=O)N(C3CC3)CC(=O)N(C)[C@H]3C/C=C\CCN(C3=O)[C@@H](CC3CCC(C(F)(F)F)CC3)C(=O)N(C)CC(=O)N[C@@H](CCC3CC(F)C(C(F)(F)F)C(F)C3)C(=O)N2C1. The maximum Gasteiger partial charge on any atom is 0.397 e. The van der Waals surface area contributed by atoms with Gasteiger partial charge in [-0.25, -0.2) is 8.78 Å². The highest BCUT2D eigenvalue weighted by molar-refractivity contribution is 6.01. The van der Waals surface area contributed by atoms with Crippen LogP contribution in [-0.2, 0) is 67.0 Å². The number of methoxy groups -OCH3 is 1. The Morgan fingerprint density at radius 2 is 1.29 bits per heavy atom. The van der Waals surface area contributed by atoms with E-state index < -0.39 is 248 Å². The summed E-state index contributed by atoms with van der Waals surface area (Å²) in [5.41, 5.74) is -2.39. The van der Waals surface area contributed by atoms with E-state index >= 15 is 42.3 Å². The summed E-state index contributed by atoms with van der Waals surface area (Å²) in [6, 6.07) is -12.2. The number of carbonyl (C=O) groups excluding carboxylic acids is 12. The molecule has 3 heterocycles. The van der Waals surface area contributed by atoms with Crippen molar-refractivity contribution in [2.75, 3.05) is 95.8 Å². The van der Waals surface area contributed by atoms with Crippen LogP contribution in [-0.4, -0.2) is 302 Å². The van der Waals surface area contributed by atoms with Gasteiger partial charge >= 0.3 is 12.4 Å². The van der Waals surface area contributed by atoms with E-state index in [1.165, 1.54) is 76.0 Å². The lowest BCUT2D eigenvalue weighted by Gasteiger charge is -2.54. The number of rotatable bonds is 14. The number of nitrogens with one attached hydrogen (secondary N) is 3. The number of likely N-dealkylation sites (N-methyl/N-ethyl adjacent to an activating group) is 6. The molecule has 3 aliphatic heterocycles. The first kappa shape index (κ1) is 90.3. The van der Waals surface area contributed by atoms with E-state index in [2.05, 4.69) is 16.0 Å². The third-order valence-corrected chi connectivity index (χ3v) is 25.0. The number of hydrogen-bond donors (Lipinski definition) is 3. The van der Waals surface area contributed by atoms with Gasteiger partial charge in [-0.15, -0.1) is 0 Å². The summed E-state index contributed by atoms with van der Waals surface area (Å²) in [5.74, 6) is -17.0. The second-order valence-corrected chi connectivity index (χ2v) is 34.0. The molecule has 26 nitrogen and oxygen atoms in total. The summed E-state index contributed by atoms with van der Waals surface area (Å²) < 4.78 is 127. The van der Waals surface area contributed by atoms with Gasteiger partial charge in [0.05, 0.1) is 31.6 Å². The Bertz CT molecular complexity index is 3380. The van der Waals surface area contributed by atoms with Crippen molar-refractivity contribution in [3.05, 3.63) is 12.2 Å². The Morgan fingerprint density at radius 3 is 1.85 bits per heavy atom. The van der Waals surface area contributed by atoms with Crippen LogP contribution in [0.4, 0.5) is 35.1 Å². The Balaban J connectivity index is 1.23. The van der Waals surface area contributed by atoms with Crippen molar-refractivity contribution >= 4 is 70.9 Å². The molecule has 2 saturated heterocycles. The number of amides is 12. The van der Waals surface area contributed by atoms with E-state index in [1.807, 2.05) is 13.8 Å². The van der Waals surface area contributed by atoms with E-state index in [9.17, 15) is 50.3 Å². The predicted molar refractivity (Wildman–Crippen MR) is 394 cm³/mol. The van der Waals surface area contributed by atoms with Crippen molar-refractivity contribution in [1.29, 1.82) is 0 Å². The minimum Gasteiger partial charge on any atom is -0.382 e. The van der Waals surface area contributed by atoms with E-state index in [1.54, 1.807) is 32.9 Å². The Morgan fingerprint density at radius 1 is 0.652 bits per heavy atom. The molecular formula is C78H120F8N12O14. The van der Waals surface area contributed by atoms with Gasteiger partial charge in [-0.2, -0.15) is 26.3 Å². The predicted octanol–water partition coefficient (Wildman–Crippen LogP) is 6.51. The quantitative estimate of drug-likeness (QED) is 0.123. The largest absolute Gasteiger partial charge is 0.397 e. The van der Waals surface area contributed by atoms with Crippen molar-refractivity contribution in [3.63, 3.8) is 0 Å². The minimum atomic E-state index is -5.22. The second kappa shape index (κ2) is 38.0. The highest BCUT2D eigenvalue weighted by atomic mass is 19.4. The molecule has 3 N–H and O–H groups in total. The van der Waals surface area contributed by atoms with Crippen molar-refractivity contribution in [2.45, 2.75) is 273 Å². The lowest BCUT2D eigenvalue weighted by atomic mass is 9.58. The van der Waals surface area contributed by atoms with Crippen LogP contribution in [0.2, 0.25) is 0 Å². The molecule has 12 amide bonds. The minimum absolute atomic E-state index is 0.00264. The maximum atomic E-state index is 15.9. The van der Waals surface area contributed by atoms with Gasteiger partial charge in [-0.3, -0.25) is 57.5 Å². The molecule has 5 aliphatic carbocycles. The van der Waals surface area contributed by atoms with Gasteiger partial charge in [0, 0.05) is 88.6 Å². The van der Waals surface area contributed by atoms with Crippen LogP contribution >= 0.6 is 0 Å². The number of halogens is 8. The van der Waals surface area contributed by atoms with Crippen molar-refractivity contribution in [3.8, 4) is 0 Å². The van der Waals surface area contributed by atoms with E-state index in [-0.39, 0.29) is 90.3 Å². The lowest BCUT2D eigenvalue weighted by molar-refractivity contribution is -0.219. The van der Waals surface area contributed by atoms with Crippen molar-refractivity contribution in [1.82, 2.24) is 60.0 Å². The summed E-state index contributed by atoms with van der Waals surface area (Å²) in [7, 11) is 10.8. The summed E-state index contributed by atoms with van der Waals surface area (Å²) in [6.45, 7) is 6.57. The Labute approximate surface area is 652 Å². The number of hydrogen-bond acceptors (Lipinski definition) is 14. The zero-order chi connectivity index (χ0) is 83.0. The molecule has 0 aromatic rings. The topological polar surface area (TPSA) is 289 Å². The fourth-order valence-corrected chi connectivity index (χ4v) is 18.3. The first-order valence-corrected chi connectivity index (χ1v) is 40.0. The fourth-order valence-electron chi connectivity index (χ4n) is 18.3. The number of carbonyl (C=O) groups is 12. The molecule has 8 rings (SSSR count). The Kier molecular flexibility index (Phi) is 30.6. The highest BCUT2D eigenvalue weighted by Gasteiger charge is 2.60. The standard InChI is InChI=1S/C78H120F8N12O14/c1-14-45(3)64-72(108)97(50-30-31-50)41-62(101)92(9)55-24-20-17-21-33-96(71(55)107)58(36-46-25-28-49(29-26-46)77(81,82)83)70(106)91(8)40-60(99)87-54(32-27-47-34-52(79)63(53(80)35-47)78(84,85)86)68(104)98-39-51(112-15-2)37-56(98)67(103)89-76(43-75(4,5)44-76)74(110)95(12)65(48-22-18-16-19-23-48)73(109)94(11)57(69(105)90(6)7)38-61(100)93(10)59(42-111-13)66(102)88-64/h17,20,45-59,63-65H,14-16,18-19,21-44H2,1-13H3,(H,87,99)(H,88,102)(H,89,103)/b20-17-/t45-,46?,47?,49?,51+,52?,53?,54-,55-,56-,57-,58-,59-,63?,64-,65-/m0/s1. The van der Waals surface area contributed by atoms with Crippen molar-refractivity contribution in [2.24, 2.45) is 40.9 Å². The smallest absolute Gasteiger partial charge is 0.382 e. The van der Waals surface area contributed by atoms with Gasteiger partial charge in [0.2, 0.25) is 70.9 Å². The highest BCUT2D eigenvalue weighted by Crippen LogP contribution is 2.50. The number of fused-ring (bicyclic) bond motifs is 3. The van der Waals surface area contributed by atoms with E-state index in [0.717, 1.165) is 30.9 Å². The summed E-state index contributed by atoms with van der Waals surface area (Å²) >= 11 is 0. The zero-order valence-corrected chi connectivity index (χ0v) is 67.3. The normalized spacial score (nSPS) is 32.5. The van der Waals surface area contributed by atoms with Crippen LogP contribution in [0.1, 0.15) is 182 Å². The van der Waals surface area contributed by atoms with Crippen LogP contribution in [0.3, 0.4) is 0 Å². The molecule has 2 unspecified atom stereocenters. The molecule has 0 aromatic heterocycles. The fraction of sp³-hybridized carbons (Fsp3) is 0.821. The maximum absolute atomic E-state index is 15.9. The summed E-state index contributed by atoms with van der Waals surface area (Å²) in [5, 5.41) is 8.48. The van der Waals surface area contributed by atoms with Crippen LogP contribution in [0.25, 0.3) is 0 Å². The lowest BCUT2D eigenvalue weighted by Crippen LogP contribution is -2.71. The Hall–Kier alpha value is -7.26. The van der Waals surface area contributed by atoms with Gasteiger partial charge in [-0.05, 0) is 145 Å². The molecule has 1 spiro atoms. The average molecular weight is 1600 g/mol. The van der Waals surface area contributed by atoms with Gasteiger partial charge in [0.15, 0.2) is 0 Å². The first-order valence-electron chi connectivity index (χ1n) is 40.0. The van der Waals surface area contributed by atoms with Crippen molar-refractivity contribution < 1.29 is 102 Å². The van der Waals surface area contributed by atoms with E-state index in [4.69, 9.17) is 9.47 Å². The van der Waals surface area contributed by atoms with Gasteiger partial charge in [-0.1, -0.05) is 65.5 Å². The van der Waals surface area contributed by atoms with E-state index in [0.29, 0.717) is 44.9 Å². The molecule has 2 bridgehead atoms. The first-order chi connectivity index (χ1) is 52.5. The number of alkyl halides is 8. The van der Waals surface area contributed by atoms with Crippen LogP contribution in [0.15, 0.2) is 12.2 Å². The van der Waals surface area contributed by atoms with Gasteiger partial charge in [0.1, 0.15) is 78.7 Å². The molecule has 12 atom stereocenters. The van der Waals surface area contributed by atoms with Crippen LogP contribution < -0.4 is 16.0 Å². The molecule has 0 radical (unpaired) electrons. The van der Waals surface area contributed by atoms with Gasteiger partial charge in [0.25, 0.3) is 0 Å². The van der Waals surface area contributed by atoms with Gasteiger partial charge < -0.3 is 69.5 Å². The molecule has 112 heavy (non-hydrogen) atoms. The average Bonchev–Trinajstić information content (AvgIpc) is 0.886. The monoisotopic (exact) mass is 1600 g/mol. The summed E-state index contributed by atoms with van der Waals surface area (Å²) in [6.07, 6.45) is -12.3. The second-order valence-electron chi connectivity index (χ2n) is 34.0. The van der Waals surface area contributed by atoms with Crippen LogP contribution in [0.5, 0.6) is 0 Å². The summed E-state index contributed by atoms with van der Waals surface area (Å²) in [4.78, 5) is 194. The molecule has 632 valence electrons. The molecule has 5 saturated carbocycles. The molecule has 0 aromatic carbocycles. The molecular weight excluding hydrogens is 1480 g/mol. The van der Waals surface area contributed by atoms with Crippen LogP contribution in [0, 0.1) is 40.9 Å². The zero-order valence-electron chi connectivity index (χ0n) is 67.3.